The number of hydrogen-bond donors (Lipinski definition) is 1. The number of rotatable bonds is 1. The molecule has 0 aliphatic carbocycles. The van der Waals surface area contributed by atoms with Gasteiger partial charge >= 0.3 is 5.69 Å². The van der Waals surface area contributed by atoms with Gasteiger partial charge in [-0.05, 0) is 12.1 Å². The Balaban J connectivity index is 2.58. The van der Waals surface area contributed by atoms with Gasteiger partial charge in [-0.15, -0.1) is 0 Å². The lowest BCUT2D eigenvalue weighted by atomic mass is 10.1. The number of aromatic nitrogens is 2. The van der Waals surface area contributed by atoms with Gasteiger partial charge < -0.3 is 4.98 Å². The minimum absolute atomic E-state index is 0.262. The molecule has 17 heavy (non-hydrogen) atoms. The van der Waals surface area contributed by atoms with Crippen LogP contribution in [0.25, 0.3) is 16.4 Å². The molecule has 2 heterocycles. The van der Waals surface area contributed by atoms with Gasteiger partial charge in [0.25, 0.3) is 0 Å². The van der Waals surface area contributed by atoms with Gasteiger partial charge in [0, 0.05) is 22.5 Å². The lowest BCUT2D eigenvalue weighted by molar-refractivity contribution is 0.626. The third kappa shape index (κ3) is 1.42. The smallest absolute Gasteiger partial charge is 0.304 e. The topological polar surface area (TPSA) is 37.3 Å². The fourth-order valence-corrected chi connectivity index (χ4v) is 2.44. The molecule has 5 heteroatoms. The van der Waals surface area contributed by atoms with Gasteiger partial charge in [0.2, 0.25) is 0 Å². The van der Waals surface area contributed by atoms with E-state index in [1.807, 2.05) is 6.07 Å². The molecule has 0 saturated carbocycles. The molecule has 0 atom stereocenters. The van der Waals surface area contributed by atoms with Crippen LogP contribution in [0.2, 0.25) is 0 Å². The van der Waals surface area contributed by atoms with Crippen molar-refractivity contribution >= 4 is 32.3 Å². The van der Waals surface area contributed by atoms with E-state index in [0.717, 1.165) is 0 Å². The second-order valence-corrected chi connectivity index (χ2v) is 4.35. The average molecular weight is 295 g/mol. The first-order chi connectivity index (χ1) is 8.22. The summed E-state index contributed by atoms with van der Waals surface area (Å²) in [5, 5.41) is 1.13. The van der Waals surface area contributed by atoms with Crippen LogP contribution in [0.4, 0.5) is 4.39 Å². The molecule has 86 valence electrons. The monoisotopic (exact) mass is 294 g/mol. The zero-order valence-corrected chi connectivity index (χ0v) is 10.3. The molecule has 0 unspecified atom stereocenters. The van der Waals surface area contributed by atoms with E-state index in [-0.39, 0.29) is 17.0 Å². The number of aromatic amines is 1. The van der Waals surface area contributed by atoms with Crippen LogP contribution < -0.4 is 5.69 Å². The van der Waals surface area contributed by atoms with Gasteiger partial charge in [-0.3, -0.25) is 4.40 Å². The zero-order valence-electron chi connectivity index (χ0n) is 8.71. The highest BCUT2D eigenvalue weighted by Gasteiger charge is 2.11. The molecule has 1 N–H and O–H groups in total. The fourth-order valence-electron chi connectivity index (χ4n) is 2.00. The summed E-state index contributed by atoms with van der Waals surface area (Å²) in [6.07, 6.45) is 1.66. The van der Waals surface area contributed by atoms with Crippen LogP contribution in [0.3, 0.4) is 0 Å². The van der Waals surface area contributed by atoms with Crippen LogP contribution in [-0.4, -0.2) is 9.38 Å². The summed E-state index contributed by atoms with van der Waals surface area (Å²) >= 11 is 3.22. The second-order valence-electron chi connectivity index (χ2n) is 3.79. The first-order valence-corrected chi connectivity index (χ1v) is 6.21. The summed E-state index contributed by atoms with van der Waals surface area (Å²) in [5.74, 6) is -0.375. The van der Waals surface area contributed by atoms with Crippen LogP contribution in [-0.2, 0) is 5.33 Å². The summed E-state index contributed by atoms with van der Waals surface area (Å²) in [7, 11) is 0. The van der Waals surface area contributed by atoms with Crippen LogP contribution in [0, 0.1) is 5.82 Å². The zero-order chi connectivity index (χ0) is 12.0. The van der Waals surface area contributed by atoms with Gasteiger partial charge in [-0.2, -0.15) is 0 Å². The SMILES string of the molecule is O=c1[nH]c2c(F)c(CBr)ccc2c2cccn12. The average Bonchev–Trinajstić information content (AvgIpc) is 2.81. The Morgan fingerprint density at radius 1 is 1.35 bits per heavy atom. The maximum atomic E-state index is 14.1. The van der Waals surface area contributed by atoms with Crippen molar-refractivity contribution in [3.05, 3.63) is 52.3 Å². The molecule has 0 fully saturated rings. The van der Waals surface area contributed by atoms with E-state index < -0.39 is 0 Å². The predicted molar refractivity (Wildman–Crippen MR) is 68.1 cm³/mol. The number of nitrogens with zero attached hydrogens (tertiary/aromatic N) is 1. The Morgan fingerprint density at radius 3 is 2.94 bits per heavy atom. The maximum absolute atomic E-state index is 14.1. The molecule has 0 spiro atoms. The van der Waals surface area contributed by atoms with Gasteiger partial charge in [0.1, 0.15) is 0 Å². The van der Waals surface area contributed by atoms with Crippen molar-refractivity contribution < 1.29 is 4.39 Å². The van der Waals surface area contributed by atoms with E-state index in [4.69, 9.17) is 0 Å². The second kappa shape index (κ2) is 3.70. The van der Waals surface area contributed by atoms with Gasteiger partial charge in [0.05, 0.1) is 11.0 Å². The van der Waals surface area contributed by atoms with Crippen molar-refractivity contribution in [3.63, 3.8) is 0 Å². The Bertz CT molecular complexity index is 775. The molecule has 0 bridgehead atoms. The fraction of sp³-hybridized carbons (Fsp3) is 0.0833. The van der Waals surface area contributed by atoms with E-state index in [2.05, 4.69) is 20.9 Å². The standard InChI is InChI=1S/C12H8BrFN2O/c13-6-7-3-4-8-9-2-1-5-16(9)12(17)15-11(8)10(7)14/h1-5H,6H2,(H,15,17). The van der Waals surface area contributed by atoms with Crippen molar-refractivity contribution in [2.45, 2.75) is 5.33 Å². The van der Waals surface area contributed by atoms with Crippen molar-refractivity contribution in [2.75, 3.05) is 0 Å². The largest absolute Gasteiger partial charge is 0.330 e. The Labute approximate surface area is 104 Å². The van der Waals surface area contributed by atoms with Crippen LogP contribution in [0.15, 0.2) is 35.3 Å². The lowest BCUT2D eigenvalue weighted by Gasteiger charge is -2.05. The van der Waals surface area contributed by atoms with Crippen molar-refractivity contribution in [1.82, 2.24) is 9.38 Å². The number of halogens is 2. The summed E-state index contributed by atoms with van der Waals surface area (Å²) in [6, 6.07) is 7.10. The molecule has 1 aromatic carbocycles. The molecule has 3 rings (SSSR count). The van der Waals surface area contributed by atoms with Crippen LogP contribution >= 0.6 is 15.9 Å². The van der Waals surface area contributed by atoms with E-state index >= 15 is 0 Å². The van der Waals surface area contributed by atoms with Crippen LogP contribution in [0.1, 0.15) is 5.56 Å². The molecular formula is C12H8BrFN2O. The third-order valence-corrected chi connectivity index (χ3v) is 3.45. The molecule has 0 amide bonds. The van der Waals surface area contributed by atoms with E-state index in [1.165, 1.54) is 4.40 Å². The Morgan fingerprint density at radius 2 is 2.18 bits per heavy atom. The molecule has 3 aromatic rings. The lowest BCUT2D eigenvalue weighted by Crippen LogP contribution is -2.15. The summed E-state index contributed by atoms with van der Waals surface area (Å²) in [4.78, 5) is 14.3. The predicted octanol–water partition coefficient (Wildman–Crippen LogP) is 2.81. The van der Waals surface area contributed by atoms with E-state index in [9.17, 15) is 9.18 Å². The maximum Gasteiger partial charge on any atom is 0.330 e. The van der Waals surface area contributed by atoms with Gasteiger partial charge in [0.15, 0.2) is 5.82 Å². The van der Waals surface area contributed by atoms with E-state index in [0.29, 0.717) is 21.8 Å². The number of nitrogens with one attached hydrogen (secondary N) is 1. The molecule has 0 radical (unpaired) electrons. The van der Waals surface area contributed by atoms with Crippen molar-refractivity contribution in [2.24, 2.45) is 0 Å². The number of fused-ring (bicyclic) bond motifs is 3. The molecular weight excluding hydrogens is 287 g/mol. The van der Waals surface area contributed by atoms with Gasteiger partial charge in [-0.25, -0.2) is 9.18 Å². The minimum Gasteiger partial charge on any atom is -0.304 e. The molecule has 3 nitrogen and oxygen atoms in total. The molecule has 0 saturated heterocycles. The Hall–Kier alpha value is -1.62. The normalized spacial score (nSPS) is 11.4. The van der Waals surface area contributed by atoms with Crippen molar-refractivity contribution in [3.8, 4) is 0 Å². The molecule has 0 aliphatic rings. The van der Waals surface area contributed by atoms with Crippen molar-refractivity contribution in [1.29, 1.82) is 0 Å². The third-order valence-electron chi connectivity index (χ3n) is 2.84. The number of hydrogen-bond acceptors (Lipinski definition) is 1. The number of H-pyrrole nitrogens is 1. The molecule has 2 aromatic heterocycles. The summed E-state index contributed by atoms with van der Waals surface area (Å²) < 4.78 is 15.5. The number of benzene rings is 1. The quantitative estimate of drug-likeness (QED) is 0.689. The Kier molecular flexibility index (Phi) is 2.29. The highest BCUT2D eigenvalue weighted by atomic mass is 79.9. The summed E-state index contributed by atoms with van der Waals surface area (Å²) in [6.45, 7) is 0. The highest BCUT2D eigenvalue weighted by molar-refractivity contribution is 9.08. The first kappa shape index (κ1) is 10.5. The van der Waals surface area contributed by atoms with E-state index in [1.54, 1.807) is 24.4 Å². The minimum atomic E-state index is -0.375. The van der Waals surface area contributed by atoms with Gasteiger partial charge in [-0.1, -0.05) is 28.1 Å². The highest BCUT2D eigenvalue weighted by Crippen LogP contribution is 2.23. The van der Waals surface area contributed by atoms with Crippen LogP contribution in [0.5, 0.6) is 0 Å². The summed E-state index contributed by atoms with van der Waals surface area (Å²) in [5.41, 5.74) is 1.18. The number of alkyl halides is 1. The first-order valence-electron chi connectivity index (χ1n) is 5.09. The molecule has 0 aliphatic heterocycles.